The summed E-state index contributed by atoms with van der Waals surface area (Å²) in [4.78, 5) is 29.2. The predicted octanol–water partition coefficient (Wildman–Crippen LogP) is 6.57. The molecule has 2 heterocycles. The molecule has 2 aromatic heterocycles. The largest absolute Gasteiger partial charge is 0.453 e. The van der Waals surface area contributed by atoms with E-state index in [1.165, 1.54) is 49.1 Å². The van der Waals surface area contributed by atoms with Gasteiger partial charge in [0.15, 0.2) is 17.4 Å². The van der Waals surface area contributed by atoms with Gasteiger partial charge in [0.05, 0.1) is 16.3 Å². The Kier molecular flexibility index (Phi) is 9.87. The standard InChI is InChI=1S/C31H33ClFN7O5S/c1-31(2,3)45-30(41)38-20-10-8-19(9-11-20)37-29-36-18-35-28(39-29)22-17-34-15-14-25(22)44-26-13-12-21(16-24(26)33)40-46(42,43)27-7-5-4-6-23(27)32/h4-7,12-20,40H,8-11H2,1-3H3,(H,38,41)(H,35,36,37,39). The number of alkyl carbamates (subject to hydrolysis) is 1. The van der Waals surface area contributed by atoms with Crippen molar-refractivity contribution >= 4 is 39.4 Å². The van der Waals surface area contributed by atoms with Gasteiger partial charge in [-0.05, 0) is 76.8 Å². The van der Waals surface area contributed by atoms with Crippen molar-refractivity contribution in [3.05, 3.63) is 78.1 Å². The zero-order valence-electron chi connectivity index (χ0n) is 25.3. The topological polar surface area (TPSA) is 157 Å². The molecular formula is C31H33ClFN7O5S. The molecule has 1 aliphatic rings. The van der Waals surface area contributed by atoms with Crippen molar-refractivity contribution in [2.45, 2.75) is 69.0 Å². The van der Waals surface area contributed by atoms with E-state index >= 15 is 4.39 Å². The first kappa shape index (κ1) is 32.8. The summed E-state index contributed by atoms with van der Waals surface area (Å²) in [6.45, 7) is 5.48. The van der Waals surface area contributed by atoms with Gasteiger partial charge >= 0.3 is 6.09 Å². The van der Waals surface area contributed by atoms with Crippen LogP contribution in [0.2, 0.25) is 5.02 Å². The minimum absolute atomic E-state index is 0.0115. The van der Waals surface area contributed by atoms with Gasteiger partial charge in [-0.1, -0.05) is 23.7 Å². The van der Waals surface area contributed by atoms with Gasteiger partial charge in [0.2, 0.25) is 5.95 Å². The minimum Gasteiger partial charge on any atom is -0.453 e. The number of pyridine rings is 1. The van der Waals surface area contributed by atoms with E-state index in [0.717, 1.165) is 31.7 Å². The maximum absolute atomic E-state index is 15.1. The number of hydrogen-bond donors (Lipinski definition) is 3. The Balaban J connectivity index is 1.24. The molecule has 1 saturated carbocycles. The minimum atomic E-state index is -4.05. The van der Waals surface area contributed by atoms with Crippen LogP contribution >= 0.6 is 11.6 Å². The van der Waals surface area contributed by atoms with E-state index in [-0.39, 0.29) is 45.0 Å². The van der Waals surface area contributed by atoms with Crippen LogP contribution in [0.4, 0.5) is 20.8 Å². The van der Waals surface area contributed by atoms with E-state index in [9.17, 15) is 13.2 Å². The van der Waals surface area contributed by atoms with E-state index < -0.39 is 27.5 Å². The maximum atomic E-state index is 15.1. The van der Waals surface area contributed by atoms with Crippen LogP contribution in [0.3, 0.4) is 0 Å². The average Bonchev–Trinajstić information content (AvgIpc) is 2.99. The molecular weight excluding hydrogens is 637 g/mol. The highest BCUT2D eigenvalue weighted by Gasteiger charge is 2.26. The number of carbonyl (C=O) groups excluding carboxylic acids is 1. The van der Waals surface area contributed by atoms with Gasteiger partial charge in [-0.3, -0.25) is 9.71 Å². The number of nitrogens with one attached hydrogen (secondary N) is 3. The van der Waals surface area contributed by atoms with E-state index in [1.807, 2.05) is 20.8 Å². The molecule has 0 saturated heterocycles. The number of amides is 1. The molecule has 1 amide bonds. The Morgan fingerprint density at radius 3 is 2.46 bits per heavy atom. The van der Waals surface area contributed by atoms with Crippen LogP contribution in [0.1, 0.15) is 46.5 Å². The number of carbonyl (C=O) groups is 1. The Labute approximate surface area is 271 Å². The Bertz CT molecular complexity index is 1820. The van der Waals surface area contributed by atoms with Gasteiger partial charge in [-0.15, -0.1) is 0 Å². The van der Waals surface area contributed by atoms with Crippen LogP contribution in [0, 0.1) is 5.82 Å². The zero-order valence-corrected chi connectivity index (χ0v) is 26.9. The molecule has 4 aromatic rings. The number of anilines is 2. The Morgan fingerprint density at radius 2 is 1.74 bits per heavy atom. The van der Waals surface area contributed by atoms with Crippen molar-refractivity contribution in [1.82, 2.24) is 25.3 Å². The zero-order chi connectivity index (χ0) is 32.9. The fraction of sp³-hybridized carbons (Fsp3) is 0.323. The average molecular weight is 670 g/mol. The summed E-state index contributed by atoms with van der Waals surface area (Å²) in [5.74, 6) is -0.131. The quantitative estimate of drug-likeness (QED) is 0.178. The first-order valence-electron chi connectivity index (χ1n) is 14.5. The van der Waals surface area contributed by atoms with Gasteiger partial charge in [0, 0.05) is 30.5 Å². The number of nitrogens with zero attached hydrogens (tertiary/aromatic N) is 4. The highest BCUT2D eigenvalue weighted by molar-refractivity contribution is 7.92. The van der Waals surface area contributed by atoms with Crippen molar-refractivity contribution in [2.75, 3.05) is 10.0 Å². The summed E-state index contributed by atoms with van der Waals surface area (Å²) < 4.78 is 54.2. The second-order valence-electron chi connectivity index (χ2n) is 11.6. The second kappa shape index (κ2) is 13.8. The molecule has 0 unspecified atom stereocenters. The van der Waals surface area contributed by atoms with E-state index in [0.29, 0.717) is 11.5 Å². The van der Waals surface area contributed by atoms with Crippen molar-refractivity contribution in [3.63, 3.8) is 0 Å². The van der Waals surface area contributed by atoms with Gasteiger partial charge < -0.3 is 20.1 Å². The van der Waals surface area contributed by atoms with Crippen LogP contribution in [-0.4, -0.2) is 52.1 Å². The summed E-state index contributed by atoms with van der Waals surface area (Å²) in [5.41, 5.74) is -0.179. The third-order valence-electron chi connectivity index (χ3n) is 6.91. The lowest BCUT2D eigenvalue weighted by Crippen LogP contribution is -2.42. The summed E-state index contributed by atoms with van der Waals surface area (Å²) >= 11 is 6.03. The first-order valence-corrected chi connectivity index (χ1v) is 16.4. The van der Waals surface area contributed by atoms with Gasteiger partial charge in [-0.25, -0.2) is 27.6 Å². The highest BCUT2D eigenvalue weighted by Crippen LogP contribution is 2.34. The SMILES string of the molecule is CC(C)(C)OC(=O)NC1CCC(Nc2ncnc(-c3cnccc3Oc3ccc(NS(=O)(=O)c4ccccc4Cl)cc3F)n2)CC1. The van der Waals surface area contributed by atoms with Crippen molar-refractivity contribution in [2.24, 2.45) is 0 Å². The molecule has 1 aliphatic carbocycles. The van der Waals surface area contributed by atoms with Gasteiger partial charge in [-0.2, -0.15) is 4.98 Å². The highest BCUT2D eigenvalue weighted by atomic mass is 35.5. The van der Waals surface area contributed by atoms with Crippen LogP contribution in [0.15, 0.2) is 72.1 Å². The number of ether oxygens (including phenoxy) is 2. The van der Waals surface area contributed by atoms with E-state index in [4.69, 9.17) is 21.1 Å². The molecule has 0 radical (unpaired) electrons. The second-order valence-corrected chi connectivity index (χ2v) is 13.7. The molecule has 0 bridgehead atoms. The normalized spacial score (nSPS) is 16.7. The number of aromatic nitrogens is 4. The maximum Gasteiger partial charge on any atom is 0.407 e. The fourth-order valence-electron chi connectivity index (χ4n) is 4.81. The molecule has 15 heteroatoms. The lowest BCUT2D eigenvalue weighted by molar-refractivity contribution is 0.0492. The number of rotatable bonds is 9. The molecule has 1 fully saturated rings. The smallest absolute Gasteiger partial charge is 0.407 e. The van der Waals surface area contributed by atoms with Gasteiger partial charge in [0.25, 0.3) is 10.0 Å². The van der Waals surface area contributed by atoms with Crippen molar-refractivity contribution < 1.29 is 27.1 Å². The number of hydrogen-bond acceptors (Lipinski definition) is 10. The molecule has 0 aliphatic heterocycles. The third-order valence-corrected chi connectivity index (χ3v) is 8.79. The van der Waals surface area contributed by atoms with Crippen LogP contribution < -0.4 is 20.1 Å². The first-order chi connectivity index (χ1) is 21.9. The van der Waals surface area contributed by atoms with Crippen LogP contribution in [-0.2, 0) is 14.8 Å². The van der Waals surface area contributed by atoms with Crippen LogP contribution in [0.25, 0.3) is 11.4 Å². The molecule has 2 aromatic carbocycles. The summed E-state index contributed by atoms with van der Waals surface area (Å²) in [6.07, 6.45) is 7.01. The lowest BCUT2D eigenvalue weighted by atomic mass is 9.91. The number of sulfonamides is 1. The molecule has 3 N–H and O–H groups in total. The molecule has 0 spiro atoms. The Morgan fingerprint density at radius 1 is 1.00 bits per heavy atom. The van der Waals surface area contributed by atoms with Crippen LogP contribution in [0.5, 0.6) is 11.5 Å². The third kappa shape index (κ3) is 8.57. The van der Waals surface area contributed by atoms with Crippen molar-refractivity contribution in [3.8, 4) is 22.9 Å². The van der Waals surface area contributed by atoms with Crippen molar-refractivity contribution in [1.29, 1.82) is 0 Å². The molecule has 0 atom stereocenters. The lowest BCUT2D eigenvalue weighted by Gasteiger charge is -2.30. The summed E-state index contributed by atoms with van der Waals surface area (Å²) in [7, 11) is -4.05. The predicted molar refractivity (Wildman–Crippen MR) is 171 cm³/mol. The number of benzene rings is 2. The monoisotopic (exact) mass is 669 g/mol. The van der Waals surface area contributed by atoms with Gasteiger partial charge in [0.1, 0.15) is 22.6 Å². The number of halogens is 2. The molecule has 242 valence electrons. The molecule has 12 nitrogen and oxygen atoms in total. The summed E-state index contributed by atoms with van der Waals surface area (Å²) in [6, 6.07) is 11.3. The Hall–Kier alpha value is -4.56. The summed E-state index contributed by atoms with van der Waals surface area (Å²) in [5, 5.41) is 6.30. The molecule has 46 heavy (non-hydrogen) atoms. The molecule has 5 rings (SSSR count). The van der Waals surface area contributed by atoms with E-state index in [1.54, 1.807) is 12.1 Å². The van der Waals surface area contributed by atoms with E-state index in [2.05, 4.69) is 35.3 Å². The fourth-order valence-corrected chi connectivity index (χ4v) is 6.38.